The number of aliphatic hydroxyl groups is 1. The molecule has 0 saturated carbocycles. The molecule has 2 heterocycles. The maximum atomic E-state index is 12.8. The molecule has 3 rings (SSSR count). The van der Waals surface area contributed by atoms with Gasteiger partial charge in [-0.2, -0.15) is 0 Å². The summed E-state index contributed by atoms with van der Waals surface area (Å²) in [5.41, 5.74) is 0.937. The molecule has 27 heavy (non-hydrogen) atoms. The molecule has 2 aliphatic heterocycles. The van der Waals surface area contributed by atoms with Crippen LogP contribution in [0.15, 0.2) is 24.3 Å². The summed E-state index contributed by atoms with van der Waals surface area (Å²) in [4.78, 5) is 38.7. The third-order valence-electron chi connectivity index (χ3n) is 5.13. The lowest BCUT2D eigenvalue weighted by Crippen LogP contribution is -2.67. The average Bonchev–Trinajstić information content (AvgIpc) is 2.66. The van der Waals surface area contributed by atoms with Crippen LogP contribution < -0.4 is 15.4 Å². The quantitative estimate of drug-likeness (QED) is 0.649. The van der Waals surface area contributed by atoms with Crippen molar-refractivity contribution in [1.82, 2.24) is 15.5 Å². The van der Waals surface area contributed by atoms with E-state index in [9.17, 15) is 19.5 Å². The maximum Gasteiger partial charge on any atom is 0.248 e. The van der Waals surface area contributed by atoms with Crippen molar-refractivity contribution in [2.24, 2.45) is 0 Å². The zero-order chi connectivity index (χ0) is 19.6. The Hall–Kier alpha value is -2.61. The van der Waals surface area contributed by atoms with Crippen molar-refractivity contribution in [1.29, 1.82) is 0 Å². The van der Waals surface area contributed by atoms with E-state index in [1.54, 1.807) is 12.0 Å². The molecule has 0 radical (unpaired) electrons. The summed E-state index contributed by atoms with van der Waals surface area (Å²) in [7, 11) is 1.59. The number of aliphatic hydroxyl groups excluding tert-OH is 1. The Labute approximate surface area is 157 Å². The van der Waals surface area contributed by atoms with Crippen LogP contribution in [0.4, 0.5) is 0 Å². The number of benzene rings is 1. The SMILES string of the molecule is COc1ccc(CC2NC(=O)C3CC(NC(=O)C(C)O)CCN3C2=O)cc1. The molecule has 0 aromatic heterocycles. The van der Waals surface area contributed by atoms with Crippen LogP contribution in [0.1, 0.15) is 25.3 Å². The Kier molecular flexibility index (Phi) is 5.65. The first-order valence-corrected chi connectivity index (χ1v) is 9.11. The van der Waals surface area contributed by atoms with Crippen LogP contribution in [0, 0.1) is 0 Å². The number of rotatable bonds is 5. The smallest absolute Gasteiger partial charge is 0.248 e. The van der Waals surface area contributed by atoms with E-state index in [0.29, 0.717) is 25.8 Å². The molecular formula is C19H25N3O5. The first-order chi connectivity index (χ1) is 12.9. The minimum Gasteiger partial charge on any atom is -0.497 e. The van der Waals surface area contributed by atoms with E-state index in [2.05, 4.69) is 10.6 Å². The van der Waals surface area contributed by atoms with Gasteiger partial charge in [0.05, 0.1) is 7.11 Å². The number of ether oxygens (including phenoxy) is 1. The summed E-state index contributed by atoms with van der Waals surface area (Å²) in [5, 5.41) is 14.9. The van der Waals surface area contributed by atoms with Crippen molar-refractivity contribution < 1.29 is 24.2 Å². The number of carbonyl (C=O) groups is 3. The van der Waals surface area contributed by atoms with Gasteiger partial charge in [0.1, 0.15) is 23.9 Å². The molecule has 1 aromatic rings. The van der Waals surface area contributed by atoms with Crippen LogP contribution in [0.3, 0.4) is 0 Å². The van der Waals surface area contributed by atoms with Crippen LogP contribution in [0.2, 0.25) is 0 Å². The summed E-state index contributed by atoms with van der Waals surface area (Å²) < 4.78 is 5.13. The third kappa shape index (κ3) is 4.21. The molecule has 146 valence electrons. The standard InChI is InChI=1S/C19H25N3O5/c1-11(23)17(24)20-13-7-8-22-16(10-13)18(25)21-15(19(22)26)9-12-3-5-14(27-2)6-4-12/h3-6,11,13,15-16,23H,7-10H2,1-2H3,(H,20,24)(H,21,25). The highest BCUT2D eigenvalue weighted by Gasteiger charge is 2.44. The van der Waals surface area contributed by atoms with Crippen molar-refractivity contribution in [3.63, 3.8) is 0 Å². The van der Waals surface area contributed by atoms with Crippen LogP contribution in [0.25, 0.3) is 0 Å². The molecule has 2 saturated heterocycles. The predicted octanol–water partition coefficient (Wildman–Crippen LogP) is -0.407. The second-order valence-corrected chi connectivity index (χ2v) is 7.07. The average molecular weight is 375 g/mol. The van der Waals surface area contributed by atoms with Gasteiger partial charge in [-0.05, 0) is 37.5 Å². The number of nitrogens with zero attached hydrogens (tertiary/aromatic N) is 1. The largest absolute Gasteiger partial charge is 0.497 e. The summed E-state index contributed by atoms with van der Waals surface area (Å²) in [6.07, 6.45) is 0.229. The van der Waals surface area contributed by atoms with Crippen molar-refractivity contribution >= 4 is 17.7 Å². The Bertz CT molecular complexity index is 719. The molecule has 1 aromatic carbocycles. The molecule has 2 aliphatic rings. The zero-order valence-electron chi connectivity index (χ0n) is 15.5. The number of piperazine rings is 1. The number of nitrogens with one attached hydrogen (secondary N) is 2. The molecule has 2 fully saturated rings. The van der Waals surface area contributed by atoms with Crippen LogP contribution >= 0.6 is 0 Å². The lowest BCUT2D eigenvalue weighted by Gasteiger charge is -2.44. The van der Waals surface area contributed by atoms with Crippen molar-refractivity contribution in [3.05, 3.63) is 29.8 Å². The van der Waals surface area contributed by atoms with Gasteiger partial charge in [-0.1, -0.05) is 12.1 Å². The first kappa shape index (κ1) is 19.2. The number of hydrogen-bond acceptors (Lipinski definition) is 5. The summed E-state index contributed by atoms with van der Waals surface area (Å²) in [6, 6.07) is 5.99. The highest BCUT2D eigenvalue weighted by molar-refractivity contribution is 5.97. The van der Waals surface area contributed by atoms with Crippen molar-refractivity contribution in [2.75, 3.05) is 13.7 Å². The topological polar surface area (TPSA) is 108 Å². The number of methoxy groups -OCH3 is 1. The van der Waals surface area contributed by atoms with Crippen LogP contribution in [0.5, 0.6) is 5.75 Å². The van der Waals surface area contributed by atoms with E-state index in [4.69, 9.17) is 4.74 Å². The van der Waals surface area contributed by atoms with Gasteiger partial charge in [-0.15, -0.1) is 0 Å². The number of piperidine rings is 1. The molecule has 8 heteroatoms. The van der Waals surface area contributed by atoms with E-state index in [1.165, 1.54) is 6.92 Å². The van der Waals surface area contributed by atoms with Gasteiger partial charge in [-0.3, -0.25) is 14.4 Å². The van der Waals surface area contributed by atoms with Gasteiger partial charge >= 0.3 is 0 Å². The van der Waals surface area contributed by atoms with Gasteiger partial charge in [0.15, 0.2) is 0 Å². The number of carbonyl (C=O) groups excluding carboxylic acids is 3. The fraction of sp³-hybridized carbons (Fsp3) is 0.526. The Morgan fingerprint density at radius 2 is 2.07 bits per heavy atom. The fourth-order valence-corrected chi connectivity index (χ4v) is 3.60. The summed E-state index contributed by atoms with van der Waals surface area (Å²) in [5.74, 6) is -0.0349. The fourth-order valence-electron chi connectivity index (χ4n) is 3.60. The van der Waals surface area contributed by atoms with Crippen LogP contribution in [-0.4, -0.2) is 65.6 Å². The molecule has 0 spiro atoms. The Morgan fingerprint density at radius 1 is 1.37 bits per heavy atom. The molecule has 4 atom stereocenters. The molecule has 4 unspecified atom stereocenters. The zero-order valence-corrected chi connectivity index (χ0v) is 15.5. The Morgan fingerprint density at radius 3 is 2.70 bits per heavy atom. The van der Waals surface area contributed by atoms with Gasteiger partial charge < -0.3 is 25.4 Å². The molecule has 0 bridgehead atoms. The number of amides is 3. The van der Waals surface area contributed by atoms with E-state index >= 15 is 0 Å². The molecule has 3 N–H and O–H groups in total. The van der Waals surface area contributed by atoms with Gasteiger partial charge in [0.2, 0.25) is 17.7 Å². The van der Waals surface area contributed by atoms with Gasteiger partial charge in [0.25, 0.3) is 0 Å². The lowest BCUT2D eigenvalue weighted by atomic mass is 9.91. The highest BCUT2D eigenvalue weighted by atomic mass is 16.5. The monoisotopic (exact) mass is 375 g/mol. The molecule has 0 aliphatic carbocycles. The van der Waals surface area contributed by atoms with Gasteiger partial charge in [0, 0.05) is 19.0 Å². The first-order valence-electron chi connectivity index (χ1n) is 9.11. The van der Waals surface area contributed by atoms with Crippen LogP contribution in [-0.2, 0) is 20.8 Å². The van der Waals surface area contributed by atoms with Gasteiger partial charge in [-0.25, -0.2) is 0 Å². The Balaban J connectivity index is 1.64. The second-order valence-electron chi connectivity index (χ2n) is 7.07. The van der Waals surface area contributed by atoms with E-state index in [0.717, 1.165) is 11.3 Å². The second kappa shape index (κ2) is 7.96. The van der Waals surface area contributed by atoms with Crippen molar-refractivity contribution in [3.8, 4) is 5.75 Å². The van der Waals surface area contributed by atoms with E-state index < -0.39 is 24.1 Å². The number of fused-ring (bicyclic) bond motifs is 1. The van der Waals surface area contributed by atoms with E-state index in [-0.39, 0.29) is 17.9 Å². The highest BCUT2D eigenvalue weighted by Crippen LogP contribution is 2.24. The normalized spacial score (nSPS) is 26.0. The van der Waals surface area contributed by atoms with E-state index in [1.807, 2.05) is 24.3 Å². The minimum absolute atomic E-state index is 0.101. The third-order valence-corrected chi connectivity index (χ3v) is 5.13. The minimum atomic E-state index is -1.10. The number of hydrogen-bond donors (Lipinski definition) is 3. The summed E-state index contributed by atoms with van der Waals surface area (Å²) >= 11 is 0. The predicted molar refractivity (Wildman–Crippen MR) is 97.0 cm³/mol. The molecule has 8 nitrogen and oxygen atoms in total. The maximum absolute atomic E-state index is 12.8. The lowest BCUT2D eigenvalue weighted by molar-refractivity contribution is -0.152. The molecule has 3 amide bonds. The molecular weight excluding hydrogens is 350 g/mol. The van der Waals surface area contributed by atoms with Crippen molar-refractivity contribution in [2.45, 2.75) is 50.4 Å². The summed E-state index contributed by atoms with van der Waals surface area (Å²) in [6.45, 7) is 1.80.